The van der Waals surface area contributed by atoms with Crippen LogP contribution in [-0.2, 0) is 4.79 Å². The summed E-state index contributed by atoms with van der Waals surface area (Å²) in [5.74, 6) is 1.30. The molecular formula is C13H24N2O2S. The zero-order valence-electron chi connectivity index (χ0n) is 11.2. The molecule has 2 fully saturated rings. The Bertz CT molecular complexity index is 287. The highest BCUT2D eigenvalue weighted by Gasteiger charge is 2.40. The van der Waals surface area contributed by atoms with E-state index in [9.17, 15) is 4.79 Å². The third kappa shape index (κ3) is 3.19. The average Bonchev–Trinajstić information content (AvgIpc) is 3.00. The van der Waals surface area contributed by atoms with Gasteiger partial charge in [0.2, 0.25) is 5.91 Å². The van der Waals surface area contributed by atoms with Crippen molar-refractivity contribution in [2.24, 2.45) is 0 Å². The molecule has 104 valence electrons. The number of carbonyl (C=O) groups excluding carboxylic acids is 1. The van der Waals surface area contributed by atoms with Crippen LogP contribution in [0.2, 0.25) is 0 Å². The van der Waals surface area contributed by atoms with Crippen LogP contribution < -0.4 is 5.32 Å². The monoisotopic (exact) mass is 272 g/mol. The lowest BCUT2D eigenvalue weighted by Crippen LogP contribution is -2.49. The fourth-order valence-corrected chi connectivity index (χ4v) is 4.14. The van der Waals surface area contributed by atoms with Crippen molar-refractivity contribution >= 4 is 17.7 Å². The van der Waals surface area contributed by atoms with E-state index in [0.29, 0.717) is 12.6 Å². The van der Waals surface area contributed by atoms with Gasteiger partial charge in [-0.3, -0.25) is 4.79 Å². The van der Waals surface area contributed by atoms with Crippen LogP contribution in [-0.4, -0.2) is 58.7 Å². The second kappa shape index (κ2) is 6.26. The second-order valence-corrected chi connectivity index (χ2v) is 7.05. The maximum absolute atomic E-state index is 12.6. The number of hydrogen-bond acceptors (Lipinski definition) is 4. The molecule has 2 unspecified atom stereocenters. The molecule has 0 aromatic carbocycles. The van der Waals surface area contributed by atoms with E-state index in [0.717, 1.165) is 38.1 Å². The van der Waals surface area contributed by atoms with E-state index in [1.54, 1.807) is 11.8 Å². The summed E-state index contributed by atoms with van der Waals surface area (Å²) in [5.41, 5.74) is 0. The Balaban J connectivity index is 1.96. The quantitative estimate of drug-likeness (QED) is 0.779. The number of thioether (sulfide) groups is 1. The highest BCUT2D eigenvalue weighted by molar-refractivity contribution is 8.01. The number of aliphatic hydroxyl groups is 1. The van der Waals surface area contributed by atoms with E-state index < -0.39 is 0 Å². The second-order valence-electron chi connectivity index (χ2n) is 5.45. The fraction of sp³-hybridized carbons (Fsp3) is 0.923. The Morgan fingerprint density at radius 1 is 1.56 bits per heavy atom. The van der Waals surface area contributed by atoms with E-state index >= 15 is 0 Å². The van der Waals surface area contributed by atoms with Crippen LogP contribution in [0.15, 0.2) is 0 Å². The van der Waals surface area contributed by atoms with Crippen LogP contribution in [0.4, 0.5) is 0 Å². The van der Waals surface area contributed by atoms with Crippen molar-refractivity contribution in [3.05, 3.63) is 0 Å². The van der Waals surface area contributed by atoms with Crippen molar-refractivity contribution in [3.8, 4) is 0 Å². The van der Waals surface area contributed by atoms with Gasteiger partial charge in [0.05, 0.1) is 11.4 Å². The smallest absolute Gasteiger partial charge is 0.238 e. The number of nitrogens with zero attached hydrogens (tertiary/aromatic N) is 1. The van der Waals surface area contributed by atoms with Gasteiger partial charge >= 0.3 is 0 Å². The lowest BCUT2D eigenvalue weighted by Gasteiger charge is -2.32. The summed E-state index contributed by atoms with van der Waals surface area (Å²) in [6, 6.07) is 0.413. The van der Waals surface area contributed by atoms with Gasteiger partial charge in [0.1, 0.15) is 0 Å². The first kappa shape index (κ1) is 14.2. The van der Waals surface area contributed by atoms with Gasteiger partial charge in [-0.15, -0.1) is 11.8 Å². The van der Waals surface area contributed by atoms with Crippen LogP contribution in [0, 0.1) is 0 Å². The highest BCUT2D eigenvalue weighted by Crippen LogP contribution is 2.39. The van der Waals surface area contributed by atoms with Crippen LogP contribution in [0.25, 0.3) is 0 Å². The standard InChI is InChI=1S/C13H24N2O2S/c1-13(5-3-9-18-13)12(17)15(7-8-16)10-11-4-2-6-14-11/h11,14,16H,2-10H2,1H3. The van der Waals surface area contributed by atoms with Crippen LogP contribution in [0.3, 0.4) is 0 Å². The summed E-state index contributed by atoms with van der Waals surface area (Å²) in [6.07, 6.45) is 4.43. The molecule has 0 saturated carbocycles. The van der Waals surface area contributed by atoms with Crippen LogP contribution >= 0.6 is 11.8 Å². The first-order valence-electron chi connectivity index (χ1n) is 6.93. The van der Waals surface area contributed by atoms with E-state index in [-0.39, 0.29) is 17.3 Å². The van der Waals surface area contributed by atoms with E-state index in [4.69, 9.17) is 5.11 Å². The zero-order chi connectivity index (χ0) is 13.0. The van der Waals surface area contributed by atoms with Gasteiger partial charge < -0.3 is 15.3 Å². The number of nitrogens with one attached hydrogen (secondary N) is 1. The molecular weight excluding hydrogens is 248 g/mol. The summed E-state index contributed by atoms with van der Waals surface area (Å²) in [6.45, 7) is 4.37. The Labute approximate surface area is 113 Å². The van der Waals surface area contributed by atoms with Crippen LogP contribution in [0.5, 0.6) is 0 Å². The summed E-state index contributed by atoms with van der Waals surface area (Å²) in [7, 11) is 0. The third-order valence-corrected chi connectivity index (χ3v) is 5.44. The molecule has 4 nitrogen and oxygen atoms in total. The van der Waals surface area contributed by atoms with E-state index in [2.05, 4.69) is 12.2 Å². The first-order chi connectivity index (χ1) is 8.65. The van der Waals surface area contributed by atoms with Gasteiger partial charge in [0, 0.05) is 19.1 Å². The molecule has 2 saturated heterocycles. The molecule has 5 heteroatoms. The highest BCUT2D eigenvalue weighted by atomic mass is 32.2. The Morgan fingerprint density at radius 2 is 2.39 bits per heavy atom. The summed E-state index contributed by atoms with van der Waals surface area (Å²) < 4.78 is -0.256. The molecule has 1 amide bonds. The molecule has 2 aliphatic heterocycles. The summed E-state index contributed by atoms with van der Waals surface area (Å²) in [4.78, 5) is 14.5. The Kier molecular flexibility index (Phi) is 4.92. The molecule has 2 rings (SSSR count). The van der Waals surface area contributed by atoms with Gasteiger partial charge in [-0.25, -0.2) is 0 Å². The molecule has 0 spiro atoms. The SMILES string of the molecule is CC1(C(=O)N(CCO)CC2CCCN2)CCCS1. The van der Waals surface area contributed by atoms with Gasteiger partial charge in [-0.05, 0) is 44.9 Å². The molecule has 18 heavy (non-hydrogen) atoms. The molecule has 0 radical (unpaired) electrons. The molecule has 0 aromatic rings. The molecule has 0 bridgehead atoms. The lowest BCUT2D eigenvalue weighted by atomic mass is 10.0. The molecule has 2 N–H and O–H groups in total. The minimum atomic E-state index is -0.256. The normalized spacial score (nSPS) is 31.8. The Morgan fingerprint density at radius 3 is 2.94 bits per heavy atom. The minimum Gasteiger partial charge on any atom is -0.395 e. The van der Waals surface area contributed by atoms with E-state index in [1.165, 1.54) is 6.42 Å². The predicted octanol–water partition coefficient (Wildman–Crippen LogP) is 0.845. The fourth-order valence-electron chi connectivity index (χ4n) is 2.86. The molecule has 2 aliphatic rings. The maximum Gasteiger partial charge on any atom is 0.238 e. The van der Waals surface area contributed by atoms with Crippen molar-refractivity contribution < 1.29 is 9.90 Å². The molecule has 2 heterocycles. The predicted molar refractivity (Wildman–Crippen MR) is 74.8 cm³/mol. The van der Waals surface area contributed by atoms with Gasteiger partial charge in [0.15, 0.2) is 0 Å². The van der Waals surface area contributed by atoms with Crippen molar-refractivity contribution in [1.82, 2.24) is 10.2 Å². The average molecular weight is 272 g/mol. The molecule has 0 aliphatic carbocycles. The van der Waals surface area contributed by atoms with Crippen molar-refractivity contribution in [2.45, 2.75) is 43.4 Å². The summed E-state index contributed by atoms with van der Waals surface area (Å²) in [5, 5.41) is 12.6. The first-order valence-corrected chi connectivity index (χ1v) is 7.92. The summed E-state index contributed by atoms with van der Waals surface area (Å²) >= 11 is 1.77. The zero-order valence-corrected chi connectivity index (χ0v) is 12.0. The van der Waals surface area contributed by atoms with Crippen molar-refractivity contribution in [1.29, 1.82) is 0 Å². The van der Waals surface area contributed by atoms with Gasteiger partial charge in [-0.1, -0.05) is 0 Å². The molecule has 0 aromatic heterocycles. The van der Waals surface area contributed by atoms with Crippen LogP contribution in [0.1, 0.15) is 32.6 Å². The number of amides is 1. The number of hydrogen-bond donors (Lipinski definition) is 2. The maximum atomic E-state index is 12.6. The number of rotatable bonds is 5. The number of carbonyl (C=O) groups is 1. The van der Waals surface area contributed by atoms with Gasteiger partial charge in [-0.2, -0.15) is 0 Å². The molecule has 2 atom stereocenters. The lowest BCUT2D eigenvalue weighted by molar-refractivity contribution is -0.134. The topological polar surface area (TPSA) is 52.6 Å². The minimum absolute atomic E-state index is 0.0548. The van der Waals surface area contributed by atoms with Crippen molar-refractivity contribution in [3.63, 3.8) is 0 Å². The number of aliphatic hydroxyl groups excluding tert-OH is 1. The van der Waals surface area contributed by atoms with Crippen molar-refractivity contribution in [2.75, 3.05) is 32.0 Å². The third-order valence-electron chi connectivity index (χ3n) is 3.93. The Hall–Kier alpha value is -0.260. The largest absolute Gasteiger partial charge is 0.395 e. The van der Waals surface area contributed by atoms with Gasteiger partial charge in [0.25, 0.3) is 0 Å². The van der Waals surface area contributed by atoms with E-state index in [1.807, 2.05) is 4.90 Å².